The molecule has 0 radical (unpaired) electrons. The molecule has 1 saturated heterocycles. The summed E-state index contributed by atoms with van der Waals surface area (Å²) in [6, 6.07) is 12.6. The summed E-state index contributed by atoms with van der Waals surface area (Å²) in [6.07, 6.45) is 2.95. The predicted octanol–water partition coefficient (Wildman–Crippen LogP) is 1.96. The maximum Gasteiger partial charge on any atom is 0.326 e. The number of nitrogens with one attached hydrogen (secondary N) is 1. The van der Waals surface area contributed by atoms with Crippen LogP contribution in [0.25, 0.3) is 11.1 Å². The summed E-state index contributed by atoms with van der Waals surface area (Å²) in [5, 5.41) is 12.8. The van der Waals surface area contributed by atoms with Crippen LogP contribution in [0.15, 0.2) is 53.4 Å². The lowest BCUT2D eigenvalue weighted by atomic mass is 9.99. The molecule has 0 unspecified atom stereocenters. The highest BCUT2D eigenvalue weighted by Gasteiger charge is 2.32. The Morgan fingerprint density at radius 3 is 2.40 bits per heavy atom. The molecule has 0 aliphatic carbocycles. The van der Waals surface area contributed by atoms with Crippen LogP contribution in [0, 0.1) is 0 Å². The quantitative estimate of drug-likeness (QED) is 0.696. The van der Waals surface area contributed by atoms with E-state index in [0.29, 0.717) is 12.0 Å². The maximum atomic E-state index is 12.6. The molecule has 1 aliphatic rings. The van der Waals surface area contributed by atoms with Gasteiger partial charge in [-0.1, -0.05) is 42.5 Å². The first-order valence-corrected chi connectivity index (χ1v) is 11.7. The van der Waals surface area contributed by atoms with Crippen molar-refractivity contribution >= 4 is 21.7 Å². The summed E-state index contributed by atoms with van der Waals surface area (Å²) in [5.41, 5.74) is 2.08. The number of carboxylic acid groups (broad SMARTS) is 1. The molecule has 1 fully saturated rings. The summed E-state index contributed by atoms with van der Waals surface area (Å²) in [7, 11) is -1.85. The van der Waals surface area contributed by atoms with Gasteiger partial charge in [0.15, 0.2) is 9.84 Å². The zero-order chi connectivity index (χ0) is 21.9. The van der Waals surface area contributed by atoms with Crippen LogP contribution in [0.4, 0.5) is 0 Å². The number of carbonyl (C=O) groups is 2. The zero-order valence-electron chi connectivity index (χ0n) is 17.0. The molecule has 1 heterocycles. The lowest BCUT2D eigenvalue weighted by molar-refractivity contribution is -0.149. The van der Waals surface area contributed by atoms with E-state index in [0.717, 1.165) is 24.1 Å². The van der Waals surface area contributed by atoms with Gasteiger partial charge in [-0.05, 0) is 36.6 Å². The van der Waals surface area contributed by atoms with Crippen LogP contribution < -0.4 is 5.32 Å². The number of amides is 1. The van der Waals surface area contributed by atoms with Crippen molar-refractivity contribution in [2.24, 2.45) is 0 Å². The van der Waals surface area contributed by atoms with E-state index in [-0.39, 0.29) is 23.3 Å². The normalized spacial score (nSPS) is 17.5. The number of nitrogens with zero attached hydrogens (tertiary/aromatic N) is 1. The molecular formula is C22H26N2O5S. The zero-order valence-corrected chi connectivity index (χ0v) is 17.9. The first kappa shape index (κ1) is 22.0. The summed E-state index contributed by atoms with van der Waals surface area (Å²) >= 11 is 0. The van der Waals surface area contributed by atoms with E-state index < -0.39 is 21.8 Å². The smallest absolute Gasteiger partial charge is 0.326 e. The molecule has 8 heteroatoms. The van der Waals surface area contributed by atoms with Crippen LogP contribution in [-0.2, 0) is 25.8 Å². The van der Waals surface area contributed by atoms with Crippen molar-refractivity contribution in [2.45, 2.75) is 36.2 Å². The lowest BCUT2D eigenvalue weighted by Crippen LogP contribution is -2.50. The minimum atomic E-state index is -3.38. The first-order chi connectivity index (χ1) is 14.2. The molecule has 1 amide bonds. The van der Waals surface area contributed by atoms with Crippen molar-refractivity contribution < 1.29 is 23.1 Å². The van der Waals surface area contributed by atoms with Gasteiger partial charge in [0, 0.05) is 25.3 Å². The van der Waals surface area contributed by atoms with Gasteiger partial charge in [0.05, 0.1) is 10.9 Å². The van der Waals surface area contributed by atoms with Crippen molar-refractivity contribution in [1.82, 2.24) is 10.2 Å². The van der Waals surface area contributed by atoms with E-state index in [4.69, 9.17) is 0 Å². The van der Waals surface area contributed by atoms with Crippen molar-refractivity contribution in [2.75, 3.05) is 19.8 Å². The molecule has 2 aromatic carbocycles. The molecule has 7 nitrogen and oxygen atoms in total. The number of hydrogen-bond donors (Lipinski definition) is 2. The molecule has 3 rings (SSSR count). The second kappa shape index (κ2) is 8.97. The largest absolute Gasteiger partial charge is 0.480 e. The maximum absolute atomic E-state index is 12.6. The Labute approximate surface area is 176 Å². The van der Waals surface area contributed by atoms with Gasteiger partial charge in [0.1, 0.15) is 6.04 Å². The van der Waals surface area contributed by atoms with Gasteiger partial charge in [-0.15, -0.1) is 0 Å². The molecule has 160 valence electrons. The minimum Gasteiger partial charge on any atom is -0.480 e. The number of hydrogen-bond acceptors (Lipinski definition) is 5. The Morgan fingerprint density at radius 1 is 1.17 bits per heavy atom. The fourth-order valence-electron chi connectivity index (χ4n) is 3.76. The second-order valence-electron chi connectivity index (χ2n) is 7.62. The lowest BCUT2D eigenvalue weighted by Gasteiger charge is -2.27. The molecule has 2 N–H and O–H groups in total. The number of sulfone groups is 1. The summed E-state index contributed by atoms with van der Waals surface area (Å²) in [4.78, 5) is 26.0. The molecule has 0 saturated carbocycles. The Kier molecular flexibility index (Phi) is 6.58. The molecule has 0 aromatic heterocycles. The van der Waals surface area contributed by atoms with Crippen molar-refractivity contribution in [3.05, 3.63) is 54.1 Å². The van der Waals surface area contributed by atoms with Crippen molar-refractivity contribution in [3.8, 4) is 11.1 Å². The monoisotopic (exact) mass is 430 g/mol. The van der Waals surface area contributed by atoms with Gasteiger partial charge in [-0.25, -0.2) is 13.2 Å². The first-order valence-electron chi connectivity index (χ1n) is 9.79. The average molecular weight is 431 g/mol. The number of benzene rings is 2. The summed E-state index contributed by atoms with van der Waals surface area (Å²) in [5.74, 6) is -1.27. The SMILES string of the molecule is CN(C(=O)[C@@H]1CCCN1)[C@@H](Cc1ccc(-c2ccccc2S(C)(=O)=O)cc1)C(=O)O. The van der Waals surface area contributed by atoms with Gasteiger partial charge >= 0.3 is 5.97 Å². The molecule has 2 aromatic rings. The third kappa shape index (κ3) is 4.88. The molecule has 2 atom stereocenters. The number of carbonyl (C=O) groups excluding carboxylic acids is 1. The molecule has 30 heavy (non-hydrogen) atoms. The van der Waals surface area contributed by atoms with Crippen LogP contribution in [-0.4, -0.2) is 62.2 Å². The number of aliphatic carboxylic acids is 1. The highest BCUT2D eigenvalue weighted by molar-refractivity contribution is 7.90. The average Bonchev–Trinajstić information content (AvgIpc) is 3.25. The summed E-state index contributed by atoms with van der Waals surface area (Å²) in [6.45, 7) is 0.762. The number of carboxylic acids is 1. The highest BCUT2D eigenvalue weighted by Crippen LogP contribution is 2.27. The van der Waals surface area contributed by atoms with Gasteiger partial charge < -0.3 is 15.3 Å². The third-order valence-corrected chi connectivity index (χ3v) is 6.59. The number of rotatable bonds is 7. The molecule has 0 bridgehead atoms. The molecular weight excluding hydrogens is 404 g/mol. The van der Waals surface area contributed by atoms with E-state index in [1.54, 1.807) is 48.5 Å². The molecule has 0 spiro atoms. The van der Waals surface area contributed by atoms with E-state index in [9.17, 15) is 23.1 Å². The van der Waals surface area contributed by atoms with Crippen molar-refractivity contribution in [3.63, 3.8) is 0 Å². The predicted molar refractivity (Wildman–Crippen MR) is 114 cm³/mol. The topological polar surface area (TPSA) is 104 Å². The van der Waals surface area contributed by atoms with Crippen LogP contribution in [0.5, 0.6) is 0 Å². The van der Waals surface area contributed by atoms with Crippen LogP contribution >= 0.6 is 0 Å². The standard InChI is InChI=1S/C22H26N2O5S/c1-24(21(25)18-7-5-13-23-18)19(22(26)27)14-15-9-11-16(12-10-15)17-6-3-4-8-20(17)30(2,28)29/h3-4,6,8-12,18-19,23H,5,7,13-14H2,1-2H3,(H,26,27)/t18-,19-/m0/s1. The second-order valence-corrected chi connectivity index (χ2v) is 9.61. The van der Waals surface area contributed by atoms with E-state index in [2.05, 4.69) is 5.32 Å². The molecule has 1 aliphatic heterocycles. The fraction of sp³-hybridized carbons (Fsp3) is 0.364. The van der Waals surface area contributed by atoms with Crippen LogP contribution in [0.1, 0.15) is 18.4 Å². The van der Waals surface area contributed by atoms with E-state index >= 15 is 0 Å². The van der Waals surface area contributed by atoms with Gasteiger partial charge in [-0.3, -0.25) is 4.79 Å². The summed E-state index contributed by atoms with van der Waals surface area (Å²) < 4.78 is 24.1. The third-order valence-electron chi connectivity index (χ3n) is 5.44. The highest BCUT2D eigenvalue weighted by atomic mass is 32.2. The Bertz CT molecular complexity index is 1030. The fourth-order valence-corrected chi connectivity index (χ4v) is 4.67. The van der Waals surface area contributed by atoms with Gasteiger partial charge in [-0.2, -0.15) is 0 Å². The Balaban J connectivity index is 1.80. The van der Waals surface area contributed by atoms with E-state index in [1.807, 2.05) is 0 Å². The van der Waals surface area contributed by atoms with Gasteiger partial charge in [0.2, 0.25) is 5.91 Å². The van der Waals surface area contributed by atoms with Crippen molar-refractivity contribution in [1.29, 1.82) is 0 Å². The van der Waals surface area contributed by atoms with Gasteiger partial charge in [0.25, 0.3) is 0 Å². The Morgan fingerprint density at radius 2 is 1.83 bits per heavy atom. The van der Waals surface area contributed by atoms with E-state index in [1.165, 1.54) is 18.2 Å². The van der Waals surface area contributed by atoms with Crippen LogP contribution in [0.2, 0.25) is 0 Å². The Hall–Kier alpha value is -2.71. The van der Waals surface area contributed by atoms with Crippen LogP contribution in [0.3, 0.4) is 0 Å². The minimum absolute atomic E-state index is 0.165. The number of likely N-dealkylation sites (N-methyl/N-ethyl adjacent to an activating group) is 1.